The van der Waals surface area contributed by atoms with Gasteiger partial charge in [0.2, 0.25) is 11.8 Å². The number of amides is 3. The van der Waals surface area contributed by atoms with Crippen LogP contribution in [-0.4, -0.2) is 91.8 Å². The van der Waals surface area contributed by atoms with Gasteiger partial charge in [-0.3, -0.25) is 19.2 Å². The molecule has 4 unspecified atom stereocenters. The number of hydrogen-bond donors (Lipinski definition) is 1. The zero-order chi connectivity index (χ0) is 27.6. The number of hydrogen-bond acceptors (Lipinski definition) is 6. The van der Waals surface area contributed by atoms with Crippen molar-refractivity contribution in [2.45, 2.75) is 76.6 Å². The number of anilines is 1. The fourth-order valence-corrected chi connectivity index (χ4v) is 6.22. The first-order chi connectivity index (χ1) is 18.1. The number of methoxy groups -OCH3 is 1. The zero-order valence-electron chi connectivity index (χ0n) is 23.3. The molecule has 0 bridgehead atoms. The molecule has 1 aromatic rings. The minimum atomic E-state index is -0.742. The van der Waals surface area contributed by atoms with E-state index in [1.807, 2.05) is 45.0 Å². The first kappa shape index (κ1) is 28.1. The summed E-state index contributed by atoms with van der Waals surface area (Å²) < 4.78 is 5.50. The third-order valence-electron chi connectivity index (χ3n) is 8.25. The molecule has 5 atom stereocenters. The molecule has 2 heterocycles. The van der Waals surface area contributed by atoms with Crippen molar-refractivity contribution >= 4 is 29.2 Å². The van der Waals surface area contributed by atoms with Crippen LogP contribution in [0.15, 0.2) is 24.3 Å². The summed E-state index contributed by atoms with van der Waals surface area (Å²) in [6, 6.07) is 5.54. The maximum Gasteiger partial charge on any atom is 0.251 e. The Labute approximate surface area is 225 Å². The van der Waals surface area contributed by atoms with Gasteiger partial charge in [-0.1, -0.05) is 20.3 Å². The van der Waals surface area contributed by atoms with E-state index in [4.69, 9.17) is 4.74 Å². The fourth-order valence-electron chi connectivity index (χ4n) is 6.22. The maximum atomic E-state index is 13.8. The highest BCUT2D eigenvalue weighted by Crippen LogP contribution is 2.35. The normalized spacial score (nSPS) is 25.9. The van der Waals surface area contributed by atoms with Gasteiger partial charge < -0.3 is 24.8 Å². The lowest BCUT2D eigenvalue weighted by atomic mass is 9.86. The maximum absolute atomic E-state index is 13.8. The lowest BCUT2D eigenvalue weighted by molar-refractivity contribution is -0.140. The van der Waals surface area contributed by atoms with Gasteiger partial charge in [0.15, 0.2) is 5.78 Å². The number of Topliss-reactive ketones (excluding diaryl/α,β-unsaturated/α-hetero) is 1. The molecule has 1 saturated carbocycles. The van der Waals surface area contributed by atoms with Crippen molar-refractivity contribution in [2.75, 3.05) is 39.2 Å². The summed E-state index contributed by atoms with van der Waals surface area (Å²) >= 11 is 0. The quantitative estimate of drug-likeness (QED) is 0.559. The summed E-state index contributed by atoms with van der Waals surface area (Å²) in [6.45, 7) is 4.45. The highest BCUT2D eigenvalue weighted by molar-refractivity contribution is 6.01. The monoisotopic (exact) mass is 526 g/mol. The van der Waals surface area contributed by atoms with Crippen LogP contribution in [0.25, 0.3) is 0 Å². The SMILES string of the molecule is COC1CCCC(C(=O)N2CC(=O)C3C2CCN3C(=O)[C@H](CC(C)C)NC(=O)c2ccc(N(C)C)cc2)C1. The van der Waals surface area contributed by atoms with E-state index in [1.165, 1.54) is 0 Å². The van der Waals surface area contributed by atoms with Crippen molar-refractivity contribution in [1.82, 2.24) is 15.1 Å². The number of carbonyl (C=O) groups excluding carboxylic acids is 4. The second-order valence-electron chi connectivity index (χ2n) is 11.6. The Kier molecular flexibility index (Phi) is 8.75. The van der Waals surface area contributed by atoms with E-state index < -0.39 is 12.1 Å². The van der Waals surface area contributed by atoms with Gasteiger partial charge in [-0.15, -0.1) is 0 Å². The third kappa shape index (κ3) is 5.87. The van der Waals surface area contributed by atoms with Crippen LogP contribution in [0.3, 0.4) is 0 Å². The summed E-state index contributed by atoms with van der Waals surface area (Å²) in [6.07, 6.45) is 4.49. The van der Waals surface area contributed by atoms with Gasteiger partial charge >= 0.3 is 0 Å². The Balaban J connectivity index is 1.46. The lowest BCUT2D eigenvalue weighted by Gasteiger charge is -2.32. The smallest absolute Gasteiger partial charge is 0.251 e. The molecule has 1 N–H and O–H groups in total. The van der Waals surface area contributed by atoms with Crippen molar-refractivity contribution in [1.29, 1.82) is 0 Å². The average molecular weight is 527 g/mol. The number of nitrogens with zero attached hydrogens (tertiary/aromatic N) is 3. The zero-order valence-corrected chi connectivity index (χ0v) is 23.3. The summed E-state index contributed by atoms with van der Waals surface area (Å²) in [7, 11) is 5.54. The molecule has 2 saturated heterocycles. The Morgan fingerprint density at radius 2 is 1.79 bits per heavy atom. The van der Waals surface area contributed by atoms with Crippen LogP contribution in [0.2, 0.25) is 0 Å². The number of fused-ring (bicyclic) bond motifs is 1. The fraction of sp³-hybridized carbons (Fsp3) is 0.655. The second-order valence-corrected chi connectivity index (χ2v) is 11.6. The van der Waals surface area contributed by atoms with Gasteiger partial charge in [-0.2, -0.15) is 0 Å². The van der Waals surface area contributed by atoms with Crippen LogP contribution in [0.4, 0.5) is 5.69 Å². The van der Waals surface area contributed by atoms with Gasteiger partial charge in [0, 0.05) is 44.9 Å². The van der Waals surface area contributed by atoms with Crippen LogP contribution in [0.1, 0.15) is 62.7 Å². The van der Waals surface area contributed by atoms with Gasteiger partial charge in [0.25, 0.3) is 5.91 Å². The van der Waals surface area contributed by atoms with E-state index in [-0.39, 0.29) is 54.0 Å². The third-order valence-corrected chi connectivity index (χ3v) is 8.25. The van der Waals surface area contributed by atoms with Gasteiger partial charge in [-0.25, -0.2) is 0 Å². The van der Waals surface area contributed by atoms with E-state index in [1.54, 1.807) is 29.0 Å². The lowest BCUT2D eigenvalue weighted by Crippen LogP contribution is -2.53. The van der Waals surface area contributed by atoms with E-state index in [0.717, 1.165) is 24.9 Å². The minimum absolute atomic E-state index is 0.00935. The predicted octanol–water partition coefficient (Wildman–Crippen LogP) is 2.48. The molecule has 2 aliphatic heterocycles. The number of rotatable bonds is 8. The number of likely N-dealkylation sites (tertiary alicyclic amines) is 2. The van der Waals surface area contributed by atoms with E-state index in [0.29, 0.717) is 31.4 Å². The second kappa shape index (κ2) is 11.8. The van der Waals surface area contributed by atoms with Crippen molar-refractivity contribution < 1.29 is 23.9 Å². The number of ether oxygens (including phenoxy) is 1. The Morgan fingerprint density at radius 3 is 2.42 bits per heavy atom. The summed E-state index contributed by atoms with van der Waals surface area (Å²) in [5.41, 5.74) is 1.45. The van der Waals surface area contributed by atoms with Crippen molar-refractivity contribution in [2.24, 2.45) is 11.8 Å². The molecule has 0 radical (unpaired) electrons. The average Bonchev–Trinajstić information content (AvgIpc) is 3.48. The molecule has 0 aromatic heterocycles. The molecular formula is C29H42N4O5. The Morgan fingerprint density at radius 1 is 1.08 bits per heavy atom. The molecule has 38 heavy (non-hydrogen) atoms. The summed E-state index contributed by atoms with van der Waals surface area (Å²) in [5.74, 6) is -0.626. The standard InChI is InChI=1S/C29H42N4O5/c1-18(2)15-23(30-27(35)19-9-11-21(12-10-19)31(3)4)29(37)32-14-13-24-26(32)25(34)17-33(24)28(36)20-7-6-8-22(16-20)38-5/h9-12,18,20,22-24,26H,6-8,13-17H2,1-5H3,(H,30,35)/t20?,22?,23-,24?,26?/m0/s1. The molecule has 208 valence electrons. The molecule has 3 aliphatic rings. The topological polar surface area (TPSA) is 99.3 Å². The number of carbonyl (C=O) groups is 4. The number of benzene rings is 1. The van der Waals surface area contributed by atoms with Crippen LogP contribution >= 0.6 is 0 Å². The molecule has 4 rings (SSSR count). The van der Waals surface area contributed by atoms with Gasteiger partial charge in [0.1, 0.15) is 12.1 Å². The minimum Gasteiger partial charge on any atom is -0.381 e. The van der Waals surface area contributed by atoms with Gasteiger partial charge in [-0.05, 0) is 62.3 Å². The molecule has 3 amide bonds. The van der Waals surface area contributed by atoms with Crippen molar-refractivity contribution in [3.63, 3.8) is 0 Å². The molecule has 0 spiro atoms. The van der Waals surface area contributed by atoms with Crippen LogP contribution in [0, 0.1) is 11.8 Å². The van der Waals surface area contributed by atoms with Crippen LogP contribution in [-0.2, 0) is 19.1 Å². The first-order valence-electron chi connectivity index (χ1n) is 13.8. The van der Waals surface area contributed by atoms with Crippen molar-refractivity contribution in [3.8, 4) is 0 Å². The molecule has 3 fully saturated rings. The highest BCUT2D eigenvalue weighted by Gasteiger charge is 2.53. The number of nitrogens with one attached hydrogen (secondary N) is 1. The van der Waals surface area contributed by atoms with E-state index in [9.17, 15) is 19.2 Å². The van der Waals surface area contributed by atoms with Crippen LogP contribution in [0.5, 0.6) is 0 Å². The highest BCUT2D eigenvalue weighted by atomic mass is 16.5. The predicted molar refractivity (Wildman–Crippen MR) is 145 cm³/mol. The molecule has 1 aromatic carbocycles. The van der Waals surface area contributed by atoms with Crippen molar-refractivity contribution in [3.05, 3.63) is 29.8 Å². The molecular weight excluding hydrogens is 484 g/mol. The largest absolute Gasteiger partial charge is 0.381 e. The van der Waals surface area contributed by atoms with Gasteiger partial charge in [0.05, 0.1) is 18.7 Å². The van der Waals surface area contributed by atoms with E-state index in [2.05, 4.69) is 5.32 Å². The first-order valence-corrected chi connectivity index (χ1v) is 13.8. The summed E-state index contributed by atoms with van der Waals surface area (Å²) in [4.78, 5) is 58.7. The van der Waals surface area contributed by atoms with E-state index >= 15 is 0 Å². The molecule has 9 heteroatoms. The number of ketones is 1. The molecule has 1 aliphatic carbocycles. The van der Waals surface area contributed by atoms with Crippen LogP contribution < -0.4 is 10.2 Å². The Hall–Kier alpha value is -2.94. The Bertz CT molecular complexity index is 1040. The molecule has 9 nitrogen and oxygen atoms in total. The summed E-state index contributed by atoms with van der Waals surface area (Å²) in [5, 5.41) is 2.93.